The van der Waals surface area contributed by atoms with Gasteiger partial charge in [-0.1, -0.05) is 11.3 Å². The lowest BCUT2D eigenvalue weighted by Gasteiger charge is -2.55. The number of esters is 1. The minimum absolute atomic E-state index is 0.0314. The van der Waals surface area contributed by atoms with Crippen molar-refractivity contribution in [3.63, 3.8) is 0 Å². The predicted molar refractivity (Wildman–Crippen MR) is 120 cm³/mol. The molecule has 2 aromatic rings. The lowest BCUT2D eigenvalue weighted by molar-refractivity contribution is -0.153. The Kier molecular flexibility index (Phi) is 5.75. The average Bonchev–Trinajstić information content (AvgIpc) is 3.26. The molecular formula is C22H21F2N5O6S. The normalized spacial score (nSPS) is 24.6. The number of hydrogen-bond donors (Lipinski definition) is 2. The summed E-state index contributed by atoms with van der Waals surface area (Å²) >= 11 is 0.911. The fourth-order valence-corrected chi connectivity index (χ4v) is 6.04. The SMILES string of the molecule is CC(=O)OCc1nnc(-c2cc3c(c(F)c2F)N2C[C@H](C)O[C@H](C)C2C2(C3)C(=O)NC(=O)NC2=O)s1. The monoisotopic (exact) mass is 521 g/mol. The summed E-state index contributed by atoms with van der Waals surface area (Å²) in [7, 11) is 0. The number of carbonyl (C=O) groups is 4. The number of halogens is 2. The largest absolute Gasteiger partial charge is 0.458 e. The van der Waals surface area contributed by atoms with Crippen molar-refractivity contribution in [3.05, 3.63) is 28.3 Å². The van der Waals surface area contributed by atoms with E-state index in [1.165, 1.54) is 17.9 Å². The highest BCUT2D eigenvalue weighted by Gasteiger charge is 2.63. The summed E-state index contributed by atoms with van der Waals surface area (Å²) in [6.45, 7) is 4.52. The minimum Gasteiger partial charge on any atom is -0.458 e. The third-order valence-electron chi connectivity index (χ3n) is 6.56. The van der Waals surface area contributed by atoms with Crippen molar-refractivity contribution in [2.75, 3.05) is 11.4 Å². The Bertz CT molecular complexity index is 1300. The van der Waals surface area contributed by atoms with Gasteiger partial charge in [0.25, 0.3) is 0 Å². The van der Waals surface area contributed by atoms with E-state index in [0.29, 0.717) is 0 Å². The number of anilines is 1. The van der Waals surface area contributed by atoms with Gasteiger partial charge >= 0.3 is 12.0 Å². The van der Waals surface area contributed by atoms with Crippen molar-refractivity contribution in [3.8, 4) is 10.6 Å². The van der Waals surface area contributed by atoms with Gasteiger partial charge in [0.2, 0.25) is 11.8 Å². The Labute approximate surface area is 207 Å². The van der Waals surface area contributed by atoms with Gasteiger partial charge in [0.15, 0.2) is 27.1 Å². The number of fused-ring (bicyclic) bond motifs is 4. The molecule has 2 N–H and O–H groups in total. The molecule has 4 heterocycles. The van der Waals surface area contributed by atoms with Gasteiger partial charge in [0.1, 0.15) is 6.61 Å². The number of morpholine rings is 1. The Morgan fingerprint density at radius 3 is 2.58 bits per heavy atom. The molecule has 2 fully saturated rings. The van der Waals surface area contributed by atoms with Crippen molar-refractivity contribution in [2.24, 2.45) is 5.41 Å². The van der Waals surface area contributed by atoms with Crippen molar-refractivity contribution in [1.29, 1.82) is 0 Å². The first-order valence-electron chi connectivity index (χ1n) is 11.1. The Morgan fingerprint density at radius 1 is 1.22 bits per heavy atom. The first-order valence-corrected chi connectivity index (χ1v) is 11.9. The van der Waals surface area contributed by atoms with E-state index in [2.05, 4.69) is 20.8 Å². The second-order valence-electron chi connectivity index (χ2n) is 8.98. The van der Waals surface area contributed by atoms with Crippen LogP contribution in [0.2, 0.25) is 0 Å². The van der Waals surface area contributed by atoms with E-state index in [9.17, 15) is 19.2 Å². The molecule has 3 atom stereocenters. The van der Waals surface area contributed by atoms with E-state index < -0.39 is 59.1 Å². The summed E-state index contributed by atoms with van der Waals surface area (Å²) in [4.78, 5) is 50.8. The van der Waals surface area contributed by atoms with Crippen LogP contribution in [0.25, 0.3) is 10.6 Å². The average molecular weight is 522 g/mol. The van der Waals surface area contributed by atoms with Gasteiger partial charge in [-0.25, -0.2) is 13.6 Å². The molecule has 2 saturated heterocycles. The van der Waals surface area contributed by atoms with Crippen molar-refractivity contribution < 1.29 is 37.4 Å². The number of aromatic nitrogens is 2. The Hall–Kier alpha value is -3.52. The van der Waals surface area contributed by atoms with E-state index in [1.807, 2.05) is 0 Å². The van der Waals surface area contributed by atoms with Crippen LogP contribution in [-0.2, 0) is 36.9 Å². The summed E-state index contributed by atoms with van der Waals surface area (Å²) in [5, 5.41) is 12.3. The molecule has 0 bridgehead atoms. The minimum atomic E-state index is -1.83. The van der Waals surface area contributed by atoms with Crippen LogP contribution in [0.5, 0.6) is 0 Å². The molecule has 0 radical (unpaired) electrons. The maximum absolute atomic E-state index is 15.7. The summed E-state index contributed by atoms with van der Waals surface area (Å²) < 4.78 is 41.9. The molecule has 4 amide bonds. The molecule has 3 aliphatic rings. The Balaban J connectivity index is 1.65. The molecular weight excluding hydrogens is 500 g/mol. The van der Waals surface area contributed by atoms with Crippen LogP contribution in [0, 0.1) is 17.0 Å². The van der Waals surface area contributed by atoms with Crippen LogP contribution >= 0.6 is 11.3 Å². The quantitative estimate of drug-likeness (QED) is 0.454. The number of hydrogen-bond acceptors (Lipinski definition) is 10. The molecule has 1 aromatic carbocycles. The number of imide groups is 2. The second kappa shape index (κ2) is 8.55. The zero-order valence-electron chi connectivity index (χ0n) is 19.4. The fraction of sp³-hybridized carbons (Fsp3) is 0.455. The lowest BCUT2D eigenvalue weighted by Crippen LogP contribution is -2.75. The lowest BCUT2D eigenvalue weighted by atomic mass is 9.66. The maximum Gasteiger partial charge on any atom is 0.328 e. The molecule has 190 valence electrons. The van der Waals surface area contributed by atoms with Crippen molar-refractivity contribution >= 4 is 40.8 Å². The molecule has 0 saturated carbocycles. The molecule has 11 nitrogen and oxygen atoms in total. The zero-order valence-corrected chi connectivity index (χ0v) is 20.2. The number of amides is 4. The molecule has 0 aliphatic carbocycles. The topological polar surface area (TPSA) is 140 Å². The van der Waals surface area contributed by atoms with Gasteiger partial charge in [-0.3, -0.25) is 25.0 Å². The van der Waals surface area contributed by atoms with E-state index in [1.54, 1.807) is 13.8 Å². The molecule has 3 aliphatic heterocycles. The van der Waals surface area contributed by atoms with Gasteiger partial charge in [-0.05, 0) is 25.5 Å². The maximum atomic E-state index is 15.7. The van der Waals surface area contributed by atoms with Crippen LogP contribution in [0.3, 0.4) is 0 Å². The third-order valence-corrected chi connectivity index (χ3v) is 7.49. The molecule has 1 aromatic heterocycles. The number of carbonyl (C=O) groups excluding carboxylic acids is 4. The predicted octanol–water partition coefficient (Wildman–Crippen LogP) is 1.44. The molecule has 1 spiro atoms. The highest BCUT2D eigenvalue weighted by atomic mass is 32.1. The van der Waals surface area contributed by atoms with Crippen LogP contribution < -0.4 is 15.5 Å². The summed E-state index contributed by atoms with van der Waals surface area (Å²) in [6.07, 6.45) is -1.44. The van der Waals surface area contributed by atoms with Gasteiger partial charge < -0.3 is 14.4 Å². The number of nitrogens with one attached hydrogen (secondary N) is 2. The van der Waals surface area contributed by atoms with Crippen molar-refractivity contribution in [2.45, 2.75) is 52.0 Å². The van der Waals surface area contributed by atoms with Crippen LogP contribution in [-0.4, -0.2) is 58.8 Å². The molecule has 1 unspecified atom stereocenters. The number of ether oxygens (including phenoxy) is 2. The highest BCUT2D eigenvalue weighted by Crippen LogP contribution is 2.49. The summed E-state index contributed by atoms with van der Waals surface area (Å²) in [5.74, 6) is -4.54. The number of urea groups is 1. The van der Waals surface area contributed by atoms with Gasteiger partial charge in [0, 0.05) is 19.9 Å². The van der Waals surface area contributed by atoms with E-state index in [-0.39, 0.29) is 46.4 Å². The van der Waals surface area contributed by atoms with Gasteiger partial charge in [-0.2, -0.15) is 0 Å². The first-order chi connectivity index (χ1) is 17.0. The third kappa shape index (κ3) is 3.63. The smallest absolute Gasteiger partial charge is 0.328 e. The number of barbiturate groups is 1. The second-order valence-corrected chi connectivity index (χ2v) is 10.0. The number of nitrogens with zero attached hydrogens (tertiary/aromatic N) is 3. The molecule has 36 heavy (non-hydrogen) atoms. The van der Waals surface area contributed by atoms with Crippen LogP contribution in [0.4, 0.5) is 19.3 Å². The molecule has 14 heteroatoms. The number of rotatable bonds is 3. The number of benzene rings is 1. The van der Waals surface area contributed by atoms with Gasteiger partial charge in [0.05, 0.1) is 29.5 Å². The summed E-state index contributed by atoms with van der Waals surface area (Å²) in [5.41, 5.74) is -1.92. The first kappa shape index (κ1) is 24.2. The summed E-state index contributed by atoms with van der Waals surface area (Å²) in [6, 6.07) is -0.610. The zero-order chi connectivity index (χ0) is 25.9. The highest BCUT2D eigenvalue weighted by molar-refractivity contribution is 7.14. The standard InChI is InChI=1S/C22H21F2N5O6S/c1-8-6-29-16-11(5-22(17(29)9(2)35-8)19(31)25-21(33)26-20(22)32)4-12(14(23)15(16)24)18-28-27-13(36-18)7-34-10(3)30/h4,8-9,17H,5-7H2,1-3H3,(H2,25,26,31,32,33)/t8-,9+,17?/m0/s1. The van der Waals surface area contributed by atoms with Gasteiger partial charge in [-0.15, -0.1) is 10.2 Å². The van der Waals surface area contributed by atoms with E-state index >= 15 is 8.78 Å². The van der Waals surface area contributed by atoms with E-state index in [0.717, 1.165) is 11.3 Å². The molecule has 5 rings (SSSR count). The van der Waals surface area contributed by atoms with Crippen molar-refractivity contribution in [1.82, 2.24) is 20.8 Å². The van der Waals surface area contributed by atoms with Crippen LogP contribution in [0.15, 0.2) is 6.07 Å². The van der Waals surface area contributed by atoms with Crippen LogP contribution in [0.1, 0.15) is 31.3 Å². The van der Waals surface area contributed by atoms with E-state index in [4.69, 9.17) is 9.47 Å². The fourth-order valence-electron chi connectivity index (χ4n) is 5.28. The Morgan fingerprint density at radius 2 is 1.92 bits per heavy atom.